The van der Waals surface area contributed by atoms with Gasteiger partial charge in [0.25, 0.3) is 5.56 Å². The number of hydrogen-bond donors (Lipinski definition) is 0. The van der Waals surface area contributed by atoms with Gasteiger partial charge in [0, 0.05) is 18.3 Å². The molecular weight excluding hydrogens is 354 g/mol. The number of aromatic nitrogens is 2. The first-order valence-corrected chi connectivity index (χ1v) is 10.1. The fraction of sp³-hybridized carbons (Fsp3) is 0.278. The van der Waals surface area contributed by atoms with Gasteiger partial charge < -0.3 is 4.90 Å². The van der Waals surface area contributed by atoms with Gasteiger partial charge in [-0.2, -0.15) is 0 Å². The number of fused-ring (bicyclic) bond motifs is 3. The largest absolute Gasteiger partial charge is 0.337 e. The number of amides is 1. The molecule has 2 aromatic heterocycles. The van der Waals surface area contributed by atoms with Gasteiger partial charge in [-0.1, -0.05) is 30.0 Å². The van der Waals surface area contributed by atoms with Crippen LogP contribution in [0.1, 0.15) is 17.4 Å². The number of nitrogens with zero attached hydrogens (tertiary/aromatic N) is 3. The number of carbonyl (C=O) groups excluding carboxylic acids is 1. The lowest BCUT2D eigenvalue weighted by Gasteiger charge is -2.25. The monoisotopic (exact) mass is 371 g/mol. The van der Waals surface area contributed by atoms with E-state index >= 15 is 0 Å². The second-order valence-electron chi connectivity index (χ2n) is 5.95. The minimum absolute atomic E-state index is 0.0191. The summed E-state index contributed by atoms with van der Waals surface area (Å²) < 4.78 is 1.69. The Labute approximate surface area is 153 Å². The highest BCUT2D eigenvalue weighted by Gasteiger charge is 2.26. The van der Waals surface area contributed by atoms with Gasteiger partial charge in [-0.3, -0.25) is 14.2 Å². The predicted molar refractivity (Wildman–Crippen MR) is 102 cm³/mol. The van der Waals surface area contributed by atoms with E-state index in [4.69, 9.17) is 4.98 Å². The number of thioether (sulfide) groups is 1. The Balaban J connectivity index is 1.96. The van der Waals surface area contributed by atoms with Crippen molar-refractivity contribution in [3.63, 3.8) is 0 Å². The lowest BCUT2D eigenvalue weighted by molar-refractivity contribution is -0.129. The maximum atomic E-state index is 13.3. The number of benzene rings is 1. The summed E-state index contributed by atoms with van der Waals surface area (Å²) in [7, 11) is 0. The molecule has 0 N–H and O–H groups in total. The summed E-state index contributed by atoms with van der Waals surface area (Å²) in [5, 5.41) is 1.40. The summed E-state index contributed by atoms with van der Waals surface area (Å²) >= 11 is 3.00. The summed E-state index contributed by atoms with van der Waals surface area (Å²) in [6.07, 6.45) is 2.64. The fourth-order valence-corrected chi connectivity index (χ4v) is 5.07. The minimum atomic E-state index is -0.0191. The zero-order valence-electron chi connectivity index (χ0n) is 14.0. The zero-order chi connectivity index (χ0) is 17.6. The van der Waals surface area contributed by atoms with Crippen molar-refractivity contribution < 1.29 is 4.79 Å². The molecule has 128 valence electrons. The molecule has 0 saturated heterocycles. The molecule has 0 unspecified atom stereocenters. The van der Waals surface area contributed by atoms with Crippen LogP contribution in [0, 0.1) is 0 Å². The summed E-state index contributed by atoms with van der Waals surface area (Å²) in [6.45, 7) is 2.82. The third-order valence-corrected chi connectivity index (χ3v) is 6.24. The molecule has 0 spiro atoms. The van der Waals surface area contributed by atoms with Crippen LogP contribution in [0.4, 0.5) is 0 Å². The molecule has 0 bridgehead atoms. The van der Waals surface area contributed by atoms with Crippen molar-refractivity contribution in [2.75, 3.05) is 12.8 Å². The van der Waals surface area contributed by atoms with E-state index in [-0.39, 0.29) is 11.5 Å². The number of thiophene rings is 1. The van der Waals surface area contributed by atoms with Crippen molar-refractivity contribution in [3.8, 4) is 5.69 Å². The number of hydrogen-bond acceptors (Lipinski definition) is 5. The Hall–Kier alpha value is -2.12. The van der Waals surface area contributed by atoms with Crippen LogP contribution in [0.2, 0.25) is 0 Å². The summed E-state index contributed by atoms with van der Waals surface area (Å²) in [6, 6.07) is 9.62. The molecule has 1 aromatic carbocycles. The Morgan fingerprint density at radius 2 is 2.04 bits per heavy atom. The van der Waals surface area contributed by atoms with Crippen LogP contribution >= 0.6 is 23.1 Å². The van der Waals surface area contributed by atoms with Gasteiger partial charge in [-0.15, -0.1) is 11.3 Å². The van der Waals surface area contributed by atoms with Gasteiger partial charge in [0.2, 0.25) is 5.91 Å². The summed E-state index contributed by atoms with van der Waals surface area (Å²) in [5.74, 6) is 0.0718. The third-order valence-electron chi connectivity index (χ3n) is 4.49. The minimum Gasteiger partial charge on any atom is -0.337 e. The van der Waals surface area contributed by atoms with Crippen LogP contribution in [0.25, 0.3) is 15.9 Å². The second-order valence-corrected chi connectivity index (χ2v) is 7.81. The molecule has 1 aliphatic heterocycles. The number of carbonyl (C=O) groups is 1. The molecule has 0 radical (unpaired) electrons. The molecule has 0 atom stereocenters. The number of para-hydroxylation sites is 1. The molecule has 7 heteroatoms. The highest BCUT2D eigenvalue weighted by atomic mass is 32.2. The molecule has 1 amide bonds. The molecule has 0 saturated carbocycles. The molecule has 4 rings (SSSR count). The van der Waals surface area contributed by atoms with Crippen molar-refractivity contribution in [1.82, 2.24) is 14.5 Å². The lowest BCUT2D eigenvalue weighted by atomic mass is 10.1. The van der Waals surface area contributed by atoms with Gasteiger partial charge in [-0.25, -0.2) is 4.98 Å². The van der Waals surface area contributed by atoms with E-state index in [1.54, 1.807) is 11.5 Å². The fourth-order valence-electron chi connectivity index (χ4n) is 3.23. The van der Waals surface area contributed by atoms with Gasteiger partial charge in [0.15, 0.2) is 5.16 Å². The topological polar surface area (TPSA) is 55.2 Å². The Morgan fingerprint density at radius 3 is 2.72 bits per heavy atom. The molecule has 1 aliphatic rings. The van der Waals surface area contributed by atoms with E-state index in [0.29, 0.717) is 30.1 Å². The maximum Gasteiger partial charge on any atom is 0.267 e. The standard InChI is InChI=1S/C18H17N3O2S2/c1-11(22)20-9-8-13-14(10-20)25-16-15(13)17(23)21(18(19-16)24-2)12-6-4-3-5-7-12/h3-7H,8-10H2,1-2H3. The van der Waals surface area contributed by atoms with E-state index in [2.05, 4.69) is 0 Å². The van der Waals surface area contributed by atoms with Crippen LogP contribution in [-0.4, -0.2) is 33.2 Å². The van der Waals surface area contributed by atoms with Crippen LogP contribution < -0.4 is 5.56 Å². The van der Waals surface area contributed by atoms with Gasteiger partial charge in [0.05, 0.1) is 17.6 Å². The smallest absolute Gasteiger partial charge is 0.267 e. The first-order valence-electron chi connectivity index (χ1n) is 8.02. The molecule has 5 nitrogen and oxygen atoms in total. The normalized spacial score (nSPS) is 13.9. The van der Waals surface area contributed by atoms with Gasteiger partial charge in [0.1, 0.15) is 4.83 Å². The highest BCUT2D eigenvalue weighted by molar-refractivity contribution is 7.98. The molecule has 0 aliphatic carbocycles. The van der Waals surface area contributed by atoms with E-state index in [1.807, 2.05) is 41.5 Å². The average molecular weight is 371 g/mol. The predicted octanol–water partition coefficient (Wildman–Crippen LogP) is 3.07. The van der Waals surface area contributed by atoms with Gasteiger partial charge >= 0.3 is 0 Å². The van der Waals surface area contributed by atoms with Gasteiger partial charge in [-0.05, 0) is 30.4 Å². The van der Waals surface area contributed by atoms with Crippen LogP contribution in [0.3, 0.4) is 0 Å². The van der Waals surface area contributed by atoms with Crippen LogP contribution in [-0.2, 0) is 17.8 Å². The first-order chi connectivity index (χ1) is 12.1. The van der Waals surface area contributed by atoms with Crippen molar-refractivity contribution in [2.45, 2.75) is 25.0 Å². The van der Waals surface area contributed by atoms with Crippen molar-refractivity contribution in [3.05, 3.63) is 51.1 Å². The second kappa shape index (κ2) is 6.31. The molecule has 0 fully saturated rings. The van der Waals surface area contributed by atoms with Crippen molar-refractivity contribution >= 4 is 39.2 Å². The SMILES string of the molecule is CSc1nc2sc3c(c2c(=O)n1-c1ccccc1)CCN(C(C)=O)C3. The van der Waals surface area contributed by atoms with Crippen molar-refractivity contribution in [1.29, 1.82) is 0 Å². The average Bonchev–Trinajstić information content (AvgIpc) is 2.99. The van der Waals surface area contributed by atoms with Crippen molar-refractivity contribution in [2.24, 2.45) is 0 Å². The molecule has 3 aromatic rings. The lowest BCUT2D eigenvalue weighted by Crippen LogP contribution is -2.34. The van der Waals surface area contributed by atoms with E-state index in [1.165, 1.54) is 23.1 Å². The highest BCUT2D eigenvalue weighted by Crippen LogP contribution is 2.34. The molecule has 25 heavy (non-hydrogen) atoms. The zero-order valence-corrected chi connectivity index (χ0v) is 15.6. The van der Waals surface area contributed by atoms with E-state index in [0.717, 1.165) is 21.0 Å². The Kier molecular flexibility index (Phi) is 4.13. The molecule has 3 heterocycles. The summed E-state index contributed by atoms with van der Waals surface area (Å²) in [5.41, 5.74) is 1.87. The Morgan fingerprint density at radius 1 is 1.28 bits per heavy atom. The quantitative estimate of drug-likeness (QED) is 0.513. The number of rotatable bonds is 2. The van der Waals surface area contributed by atoms with E-state index < -0.39 is 0 Å². The molecular formula is C18H17N3O2S2. The van der Waals surface area contributed by atoms with E-state index in [9.17, 15) is 9.59 Å². The summed E-state index contributed by atoms with van der Waals surface area (Å²) in [4.78, 5) is 33.4. The van der Waals surface area contributed by atoms with Crippen LogP contribution in [0.15, 0.2) is 40.3 Å². The maximum absolute atomic E-state index is 13.3. The third kappa shape index (κ3) is 2.67. The first kappa shape index (κ1) is 16.4. The van der Waals surface area contributed by atoms with Crippen LogP contribution in [0.5, 0.6) is 0 Å². The Bertz CT molecular complexity index is 1020.